The molecule has 2 atom stereocenters. The highest BCUT2D eigenvalue weighted by atomic mass is 19.1. The van der Waals surface area contributed by atoms with Crippen LogP contribution in [0.3, 0.4) is 0 Å². The third kappa shape index (κ3) is 1.28. The minimum Gasteiger partial charge on any atom is -0.356 e. The normalized spacial score (nSPS) is 32.4. The van der Waals surface area contributed by atoms with Gasteiger partial charge < -0.3 is 5.32 Å². The molecule has 0 bridgehead atoms. The number of alkyl halides is 1. The summed E-state index contributed by atoms with van der Waals surface area (Å²) in [6, 6.07) is 0. The predicted octanol–water partition coefficient (Wildman–Crippen LogP) is 0.728. The Hall–Kier alpha value is -0.600. The van der Waals surface area contributed by atoms with Crippen molar-refractivity contribution in [3.8, 4) is 0 Å². The van der Waals surface area contributed by atoms with Crippen molar-refractivity contribution in [3.63, 3.8) is 0 Å². The molecule has 58 valence electrons. The highest BCUT2D eigenvalue weighted by Gasteiger charge is 2.29. The van der Waals surface area contributed by atoms with Crippen LogP contribution in [0.15, 0.2) is 0 Å². The number of carbonyl (C=O) groups is 1. The molecule has 1 heterocycles. The van der Waals surface area contributed by atoms with E-state index in [4.69, 9.17) is 0 Å². The molecule has 10 heavy (non-hydrogen) atoms. The standard InChI is InChI=1S/C7H12FNO/c1-5-6(2-3-8)4-9-7(5)10/h5-6H,2-4H2,1H3,(H,9,10). The number of amides is 1. The van der Waals surface area contributed by atoms with E-state index in [0.29, 0.717) is 13.0 Å². The Morgan fingerprint density at radius 3 is 2.90 bits per heavy atom. The largest absolute Gasteiger partial charge is 0.356 e. The van der Waals surface area contributed by atoms with Crippen LogP contribution in [0.25, 0.3) is 0 Å². The Morgan fingerprint density at radius 1 is 1.80 bits per heavy atom. The fourth-order valence-electron chi connectivity index (χ4n) is 1.28. The second-order valence-electron chi connectivity index (χ2n) is 2.77. The number of halogens is 1. The zero-order valence-electron chi connectivity index (χ0n) is 6.06. The van der Waals surface area contributed by atoms with E-state index in [-0.39, 0.29) is 24.4 Å². The van der Waals surface area contributed by atoms with Gasteiger partial charge in [0.2, 0.25) is 5.91 Å². The maximum Gasteiger partial charge on any atom is 0.223 e. The molecule has 1 saturated heterocycles. The molecule has 1 fully saturated rings. The molecule has 0 aromatic rings. The third-order valence-corrected chi connectivity index (χ3v) is 2.14. The van der Waals surface area contributed by atoms with Crippen molar-refractivity contribution in [1.29, 1.82) is 0 Å². The summed E-state index contributed by atoms with van der Waals surface area (Å²) >= 11 is 0. The minimum atomic E-state index is -0.316. The molecule has 1 amide bonds. The van der Waals surface area contributed by atoms with Crippen LogP contribution >= 0.6 is 0 Å². The van der Waals surface area contributed by atoms with E-state index in [1.807, 2.05) is 6.92 Å². The van der Waals surface area contributed by atoms with Crippen LogP contribution in [-0.4, -0.2) is 19.1 Å². The van der Waals surface area contributed by atoms with Crippen molar-refractivity contribution >= 4 is 5.91 Å². The first kappa shape index (κ1) is 7.51. The lowest BCUT2D eigenvalue weighted by atomic mass is 9.95. The van der Waals surface area contributed by atoms with Gasteiger partial charge in [-0.1, -0.05) is 6.92 Å². The summed E-state index contributed by atoms with van der Waals surface area (Å²) in [4.78, 5) is 10.8. The lowest BCUT2D eigenvalue weighted by Gasteiger charge is -2.07. The van der Waals surface area contributed by atoms with Crippen LogP contribution in [0.4, 0.5) is 4.39 Å². The quantitative estimate of drug-likeness (QED) is 0.609. The van der Waals surface area contributed by atoms with Crippen LogP contribution in [0, 0.1) is 11.8 Å². The fourth-order valence-corrected chi connectivity index (χ4v) is 1.28. The SMILES string of the molecule is CC1C(=O)NCC1CCF. The Bertz CT molecular complexity index is 138. The average Bonchev–Trinajstić information content (AvgIpc) is 2.20. The maximum absolute atomic E-state index is 11.8. The van der Waals surface area contributed by atoms with E-state index in [2.05, 4.69) is 5.32 Å². The number of hydrogen-bond acceptors (Lipinski definition) is 1. The molecule has 2 unspecified atom stereocenters. The van der Waals surface area contributed by atoms with Crippen LogP contribution in [0.2, 0.25) is 0 Å². The lowest BCUT2D eigenvalue weighted by Crippen LogP contribution is -2.17. The van der Waals surface area contributed by atoms with Gasteiger partial charge in [-0.05, 0) is 12.3 Å². The van der Waals surface area contributed by atoms with Crippen molar-refractivity contribution in [2.45, 2.75) is 13.3 Å². The third-order valence-electron chi connectivity index (χ3n) is 2.14. The lowest BCUT2D eigenvalue weighted by molar-refractivity contribution is -0.122. The van der Waals surface area contributed by atoms with E-state index in [0.717, 1.165) is 0 Å². The van der Waals surface area contributed by atoms with E-state index >= 15 is 0 Å². The van der Waals surface area contributed by atoms with Crippen molar-refractivity contribution in [2.24, 2.45) is 11.8 Å². The molecular weight excluding hydrogens is 133 g/mol. The summed E-state index contributed by atoms with van der Waals surface area (Å²) in [7, 11) is 0. The smallest absolute Gasteiger partial charge is 0.223 e. The summed E-state index contributed by atoms with van der Waals surface area (Å²) in [5, 5.41) is 2.70. The molecule has 3 heteroatoms. The molecule has 0 radical (unpaired) electrons. The molecule has 2 nitrogen and oxygen atoms in total. The molecule has 0 saturated carbocycles. The summed E-state index contributed by atoms with van der Waals surface area (Å²) in [5.41, 5.74) is 0. The number of hydrogen-bond donors (Lipinski definition) is 1. The van der Waals surface area contributed by atoms with Gasteiger partial charge in [-0.2, -0.15) is 0 Å². The molecule has 0 spiro atoms. The van der Waals surface area contributed by atoms with Gasteiger partial charge in [0, 0.05) is 12.5 Å². The molecule has 1 N–H and O–H groups in total. The molecule has 1 aliphatic rings. The zero-order chi connectivity index (χ0) is 7.56. The van der Waals surface area contributed by atoms with E-state index in [1.54, 1.807) is 0 Å². The first-order chi connectivity index (χ1) is 4.75. The Labute approximate surface area is 59.8 Å². The van der Waals surface area contributed by atoms with E-state index < -0.39 is 0 Å². The second kappa shape index (κ2) is 2.99. The summed E-state index contributed by atoms with van der Waals surface area (Å²) < 4.78 is 11.8. The average molecular weight is 145 g/mol. The molecule has 1 rings (SSSR count). The zero-order valence-corrected chi connectivity index (χ0v) is 6.06. The maximum atomic E-state index is 11.8. The molecule has 0 aromatic heterocycles. The first-order valence-corrected chi connectivity index (χ1v) is 3.59. The monoisotopic (exact) mass is 145 g/mol. The predicted molar refractivity (Wildman–Crippen MR) is 36.3 cm³/mol. The van der Waals surface area contributed by atoms with Crippen molar-refractivity contribution < 1.29 is 9.18 Å². The Kier molecular flexibility index (Phi) is 2.25. The molecule has 1 aliphatic heterocycles. The number of carbonyl (C=O) groups excluding carboxylic acids is 1. The first-order valence-electron chi connectivity index (χ1n) is 3.59. The van der Waals surface area contributed by atoms with Gasteiger partial charge in [-0.15, -0.1) is 0 Å². The van der Waals surface area contributed by atoms with E-state index in [9.17, 15) is 9.18 Å². The van der Waals surface area contributed by atoms with Gasteiger partial charge >= 0.3 is 0 Å². The minimum absolute atomic E-state index is 0.00995. The van der Waals surface area contributed by atoms with Crippen LogP contribution in [-0.2, 0) is 4.79 Å². The van der Waals surface area contributed by atoms with Crippen LogP contribution in [0.1, 0.15) is 13.3 Å². The summed E-state index contributed by atoms with van der Waals surface area (Å²) in [5.74, 6) is 0.298. The Morgan fingerprint density at radius 2 is 2.50 bits per heavy atom. The molecule has 0 aromatic carbocycles. The summed E-state index contributed by atoms with van der Waals surface area (Å²) in [6.07, 6.45) is 0.514. The van der Waals surface area contributed by atoms with Gasteiger partial charge in [0.25, 0.3) is 0 Å². The van der Waals surface area contributed by atoms with Crippen molar-refractivity contribution in [1.82, 2.24) is 5.32 Å². The van der Waals surface area contributed by atoms with Crippen molar-refractivity contribution in [2.75, 3.05) is 13.2 Å². The van der Waals surface area contributed by atoms with Gasteiger partial charge in [-0.25, -0.2) is 0 Å². The van der Waals surface area contributed by atoms with E-state index in [1.165, 1.54) is 0 Å². The van der Waals surface area contributed by atoms with Crippen molar-refractivity contribution in [3.05, 3.63) is 0 Å². The fraction of sp³-hybridized carbons (Fsp3) is 0.857. The van der Waals surface area contributed by atoms with Gasteiger partial charge in [0.1, 0.15) is 0 Å². The van der Waals surface area contributed by atoms with Crippen LogP contribution < -0.4 is 5.32 Å². The van der Waals surface area contributed by atoms with Gasteiger partial charge in [0.15, 0.2) is 0 Å². The molecule has 0 aliphatic carbocycles. The van der Waals surface area contributed by atoms with Crippen LogP contribution in [0.5, 0.6) is 0 Å². The van der Waals surface area contributed by atoms with Gasteiger partial charge in [0.05, 0.1) is 6.67 Å². The second-order valence-corrected chi connectivity index (χ2v) is 2.77. The highest BCUT2D eigenvalue weighted by molar-refractivity contribution is 5.80. The molecular formula is C7H12FNO. The topological polar surface area (TPSA) is 29.1 Å². The summed E-state index contributed by atoms with van der Waals surface area (Å²) in [6.45, 7) is 2.19. The number of nitrogens with one attached hydrogen (secondary N) is 1. The Balaban J connectivity index is 2.41. The highest BCUT2D eigenvalue weighted by Crippen LogP contribution is 2.20. The van der Waals surface area contributed by atoms with Gasteiger partial charge in [-0.3, -0.25) is 9.18 Å². The number of rotatable bonds is 2.